The van der Waals surface area contributed by atoms with E-state index in [1.165, 1.54) is 16.7 Å². The number of anilines is 1. The summed E-state index contributed by atoms with van der Waals surface area (Å²) in [5.74, 6) is 0. The molecule has 0 atom stereocenters. The lowest BCUT2D eigenvalue weighted by Crippen LogP contribution is -2.40. The smallest absolute Gasteiger partial charge is 0.173 e. The second kappa shape index (κ2) is 11.8. The summed E-state index contributed by atoms with van der Waals surface area (Å²) in [6.45, 7) is 6.52. The van der Waals surface area contributed by atoms with Crippen LogP contribution in [0.25, 0.3) is 11.1 Å². The SMILES string of the molecule is S=C(Nc1ccc(-c2ccccc2)cc1)N(CCCN1CCOCC1)Cc1ccccc1. The van der Waals surface area contributed by atoms with E-state index in [-0.39, 0.29) is 0 Å². The zero-order valence-electron chi connectivity index (χ0n) is 18.5. The molecule has 166 valence electrons. The van der Waals surface area contributed by atoms with Crippen molar-refractivity contribution < 1.29 is 4.74 Å². The lowest BCUT2D eigenvalue weighted by Gasteiger charge is -2.29. The number of nitrogens with one attached hydrogen (secondary N) is 1. The molecule has 0 amide bonds. The Morgan fingerprint density at radius 2 is 1.47 bits per heavy atom. The zero-order chi connectivity index (χ0) is 22.0. The highest BCUT2D eigenvalue weighted by Gasteiger charge is 2.14. The summed E-state index contributed by atoms with van der Waals surface area (Å²) in [5.41, 5.74) is 4.70. The standard InChI is InChI=1S/C27H31N3OS/c32-27(28-26-14-12-25(13-15-26)24-10-5-2-6-11-24)30(22-23-8-3-1-4-9-23)17-7-16-29-18-20-31-21-19-29/h1-6,8-15H,7,16-22H2,(H,28,32). The molecule has 3 aromatic rings. The molecule has 1 aliphatic rings. The van der Waals surface area contributed by atoms with Crippen LogP contribution < -0.4 is 5.32 Å². The number of hydrogen-bond acceptors (Lipinski definition) is 3. The molecule has 0 spiro atoms. The van der Waals surface area contributed by atoms with Gasteiger partial charge in [-0.2, -0.15) is 0 Å². The Morgan fingerprint density at radius 3 is 2.16 bits per heavy atom. The van der Waals surface area contributed by atoms with Gasteiger partial charge in [-0.05, 0) is 47.5 Å². The molecule has 0 radical (unpaired) electrons. The summed E-state index contributed by atoms with van der Waals surface area (Å²) >= 11 is 5.83. The molecule has 4 rings (SSSR count). The number of rotatable bonds is 8. The van der Waals surface area contributed by atoms with E-state index in [2.05, 4.69) is 94.0 Å². The molecule has 0 aliphatic carbocycles. The van der Waals surface area contributed by atoms with Crippen LogP contribution in [0.5, 0.6) is 0 Å². The van der Waals surface area contributed by atoms with Crippen molar-refractivity contribution in [2.45, 2.75) is 13.0 Å². The average Bonchev–Trinajstić information content (AvgIpc) is 2.86. The predicted molar refractivity (Wildman–Crippen MR) is 137 cm³/mol. The van der Waals surface area contributed by atoms with Crippen molar-refractivity contribution >= 4 is 23.0 Å². The molecule has 3 aromatic carbocycles. The summed E-state index contributed by atoms with van der Waals surface area (Å²) in [4.78, 5) is 4.75. The molecule has 1 heterocycles. The Balaban J connectivity index is 1.38. The van der Waals surface area contributed by atoms with Crippen molar-refractivity contribution in [3.05, 3.63) is 90.5 Å². The van der Waals surface area contributed by atoms with Crippen LogP contribution in [0.4, 0.5) is 5.69 Å². The van der Waals surface area contributed by atoms with Crippen LogP contribution in [0.1, 0.15) is 12.0 Å². The largest absolute Gasteiger partial charge is 0.379 e. The second-order valence-electron chi connectivity index (χ2n) is 8.09. The Morgan fingerprint density at radius 1 is 0.844 bits per heavy atom. The number of hydrogen-bond donors (Lipinski definition) is 1. The van der Waals surface area contributed by atoms with Crippen LogP contribution in [0.15, 0.2) is 84.9 Å². The predicted octanol–water partition coefficient (Wildman–Crippen LogP) is 5.27. The molecule has 1 aliphatic heterocycles. The zero-order valence-corrected chi connectivity index (χ0v) is 19.3. The Bertz CT molecular complexity index is 957. The van der Waals surface area contributed by atoms with Crippen molar-refractivity contribution in [1.82, 2.24) is 9.80 Å². The van der Waals surface area contributed by atoms with Crippen LogP contribution in [0, 0.1) is 0 Å². The topological polar surface area (TPSA) is 27.7 Å². The molecule has 32 heavy (non-hydrogen) atoms. The summed E-state index contributed by atoms with van der Waals surface area (Å²) < 4.78 is 5.46. The molecule has 1 N–H and O–H groups in total. The van der Waals surface area contributed by atoms with E-state index >= 15 is 0 Å². The first-order valence-electron chi connectivity index (χ1n) is 11.3. The molecule has 0 saturated carbocycles. The fraction of sp³-hybridized carbons (Fsp3) is 0.296. The fourth-order valence-corrected chi connectivity index (χ4v) is 4.22. The third kappa shape index (κ3) is 6.63. The lowest BCUT2D eigenvalue weighted by molar-refractivity contribution is 0.0368. The van der Waals surface area contributed by atoms with Gasteiger partial charge in [0, 0.05) is 38.4 Å². The first kappa shape index (κ1) is 22.5. The van der Waals surface area contributed by atoms with Crippen LogP contribution >= 0.6 is 12.2 Å². The first-order chi connectivity index (χ1) is 15.8. The number of ether oxygens (including phenoxy) is 1. The van der Waals surface area contributed by atoms with Gasteiger partial charge in [-0.25, -0.2) is 0 Å². The van der Waals surface area contributed by atoms with Gasteiger partial charge >= 0.3 is 0 Å². The van der Waals surface area contributed by atoms with Gasteiger partial charge in [-0.3, -0.25) is 4.90 Å². The van der Waals surface area contributed by atoms with Gasteiger partial charge < -0.3 is 15.0 Å². The van der Waals surface area contributed by atoms with E-state index in [0.29, 0.717) is 0 Å². The van der Waals surface area contributed by atoms with E-state index in [1.807, 2.05) is 6.07 Å². The number of morpholine rings is 1. The van der Waals surface area contributed by atoms with Crippen LogP contribution in [0.3, 0.4) is 0 Å². The minimum Gasteiger partial charge on any atom is -0.379 e. The highest BCUT2D eigenvalue weighted by atomic mass is 32.1. The van der Waals surface area contributed by atoms with E-state index in [0.717, 1.165) is 63.2 Å². The molecular weight excluding hydrogens is 414 g/mol. The normalized spacial score (nSPS) is 14.1. The third-order valence-electron chi connectivity index (χ3n) is 5.75. The molecule has 4 nitrogen and oxygen atoms in total. The quantitative estimate of drug-likeness (QED) is 0.477. The first-order valence-corrected chi connectivity index (χ1v) is 11.7. The van der Waals surface area contributed by atoms with Crippen molar-refractivity contribution in [3.8, 4) is 11.1 Å². The number of thiocarbonyl (C=S) groups is 1. The second-order valence-corrected chi connectivity index (χ2v) is 8.47. The molecular formula is C27H31N3OS. The van der Waals surface area contributed by atoms with Gasteiger partial charge in [0.05, 0.1) is 13.2 Å². The third-order valence-corrected chi connectivity index (χ3v) is 6.11. The van der Waals surface area contributed by atoms with Crippen molar-refractivity contribution in [2.24, 2.45) is 0 Å². The molecule has 0 aromatic heterocycles. The van der Waals surface area contributed by atoms with Gasteiger partial charge in [0.15, 0.2) is 5.11 Å². The molecule has 1 fully saturated rings. The fourth-order valence-electron chi connectivity index (χ4n) is 3.95. The highest BCUT2D eigenvalue weighted by molar-refractivity contribution is 7.80. The van der Waals surface area contributed by atoms with E-state index in [4.69, 9.17) is 17.0 Å². The maximum absolute atomic E-state index is 5.83. The van der Waals surface area contributed by atoms with Crippen LogP contribution in [-0.4, -0.2) is 54.3 Å². The molecule has 0 unspecified atom stereocenters. The molecule has 0 bridgehead atoms. The van der Waals surface area contributed by atoms with Gasteiger partial charge in [-0.1, -0.05) is 72.8 Å². The summed E-state index contributed by atoms with van der Waals surface area (Å²) in [7, 11) is 0. The van der Waals surface area contributed by atoms with Gasteiger partial charge in [0.2, 0.25) is 0 Å². The van der Waals surface area contributed by atoms with Gasteiger partial charge in [0.1, 0.15) is 0 Å². The Hall–Kier alpha value is -2.73. The summed E-state index contributed by atoms with van der Waals surface area (Å²) in [5, 5.41) is 4.22. The average molecular weight is 446 g/mol. The van der Waals surface area contributed by atoms with Crippen molar-refractivity contribution in [1.29, 1.82) is 0 Å². The highest BCUT2D eigenvalue weighted by Crippen LogP contribution is 2.21. The minimum atomic E-state index is 0.767. The van der Waals surface area contributed by atoms with E-state index < -0.39 is 0 Å². The Labute approximate surface area is 196 Å². The number of nitrogens with zero attached hydrogens (tertiary/aromatic N) is 2. The summed E-state index contributed by atoms with van der Waals surface area (Å²) in [6, 6.07) is 29.4. The van der Waals surface area contributed by atoms with Crippen LogP contribution in [0.2, 0.25) is 0 Å². The number of benzene rings is 3. The van der Waals surface area contributed by atoms with Gasteiger partial charge in [0.25, 0.3) is 0 Å². The Kier molecular flexibility index (Phi) is 8.26. The van der Waals surface area contributed by atoms with Crippen LogP contribution in [-0.2, 0) is 11.3 Å². The minimum absolute atomic E-state index is 0.767. The van der Waals surface area contributed by atoms with E-state index in [9.17, 15) is 0 Å². The molecule has 1 saturated heterocycles. The van der Waals surface area contributed by atoms with E-state index in [1.54, 1.807) is 0 Å². The maximum atomic E-state index is 5.83. The lowest BCUT2D eigenvalue weighted by atomic mass is 10.1. The van der Waals surface area contributed by atoms with Crippen molar-refractivity contribution in [3.63, 3.8) is 0 Å². The van der Waals surface area contributed by atoms with Crippen molar-refractivity contribution in [2.75, 3.05) is 44.7 Å². The molecule has 5 heteroatoms. The van der Waals surface area contributed by atoms with Gasteiger partial charge in [-0.15, -0.1) is 0 Å². The summed E-state index contributed by atoms with van der Waals surface area (Å²) in [6.07, 6.45) is 1.07. The monoisotopic (exact) mass is 445 g/mol. The maximum Gasteiger partial charge on any atom is 0.173 e.